The van der Waals surface area contributed by atoms with Crippen molar-refractivity contribution in [2.45, 2.75) is 19.0 Å². The summed E-state index contributed by atoms with van der Waals surface area (Å²) in [5.74, 6) is 0. The van der Waals surface area contributed by atoms with Gasteiger partial charge in [-0.25, -0.2) is 4.79 Å². The maximum absolute atomic E-state index is 10.9. The third-order valence-electron chi connectivity index (χ3n) is 2.42. The molecule has 0 aliphatic heterocycles. The molecular weight excluding hydrogens is 218 g/mol. The van der Waals surface area contributed by atoms with Crippen LogP contribution in [0.2, 0.25) is 0 Å². The fourth-order valence-electron chi connectivity index (χ4n) is 1.55. The van der Waals surface area contributed by atoms with Crippen molar-refractivity contribution in [2.24, 2.45) is 0 Å². The summed E-state index contributed by atoms with van der Waals surface area (Å²) in [5, 5.41) is 8.91. The summed E-state index contributed by atoms with van der Waals surface area (Å²) in [4.78, 5) is 12.0. The molecule has 0 fully saturated rings. The molecule has 0 heterocycles. The van der Waals surface area contributed by atoms with E-state index in [1.54, 1.807) is 0 Å². The van der Waals surface area contributed by atoms with Gasteiger partial charge in [0.25, 0.3) is 0 Å². The Hall–Kier alpha value is -0.633. The Balaban J connectivity index is 4.96. The average molecular weight is 237 g/mol. The van der Waals surface area contributed by atoms with Crippen molar-refractivity contribution in [2.75, 3.05) is 28.4 Å². The zero-order valence-electron chi connectivity index (χ0n) is 9.81. The van der Waals surface area contributed by atoms with E-state index in [1.165, 1.54) is 33.3 Å². The summed E-state index contributed by atoms with van der Waals surface area (Å²) in [5.41, 5.74) is -0.394. The predicted octanol–water partition coefficient (Wildman–Crippen LogP) is 0.792. The summed E-state index contributed by atoms with van der Waals surface area (Å²) in [6.45, 7) is 1.86. The number of carboxylic acid groups (broad SMARTS) is 1. The Labute approximate surface area is 91.1 Å². The molecule has 0 aliphatic rings. The van der Waals surface area contributed by atoms with Crippen molar-refractivity contribution >= 4 is 14.9 Å². The monoisotopic (exact) mass is 237 g/mol. The topological polar surface area (TPSA) is 68.2 Å². The van der Waals surface area contributed by atoms with Gasteiger partial charge >= 0.3 is 14.9 Å². The Morgan fingerprint density at radius 3 is 1.93 bits per heavy atom. The molecule has 1 amide bonds. The van der Waals surface area contributed by atoms with Gasteiger partial charge in [-0.1, -0.05) is 6.92 Å². The molecule has 0 aliphatic carbocycles. The summed E-state index contributed by atoms with van der Waals surface area (Å²) < 4.78 is 15.8. The summed E-state index contributed by atoms with van der Waals surface area (Å²) in [6, 6.07) is 0. The Morgan fingerprint density at radius 1 is 1.33 bits per heavy atom. The number of carbonyl (C=O) groups is 1. The van der Waals surface area contributed by atoms with E-state index in [4.69, 9.17) is 18.4 Å². The minimum atomic E-state index is -2.93. The molecule has 0 bridgehead atoms. The fraction of sp³-hybridized carbons (Fsp3) is 0.875. The van der Waals surface area contributed by atoms with E-state index >= 15 is 0 Å². The van der Waals surface area contributed by atoms with Gasteiger partial charge in [-0.3, -0.25) is 0 Å². The number of nitrogens with zero attached hydrogens (tertiary/aromatic N) is 1. The summed E-state index contributed by atoms with van der Waals surface area (Å²) in [7, 11) is 2.96. The fourth-order valence-corrected chi connectivity index (χ4v) is 3.95. The molecule has 0 spiro atoms. The Kier molecular flexibility index (Phi) is 5.80. The Morgan fingerprint density at radius 2 is 1.73 bits per heavy atom. The molecule has 0 aromatic heterocycles. The quantitative estimate of drug-likeness (QED) is 0.692. The van der Waals surface area contributed by atoms with Gasteiger partial charge in [0.2, 0.25) is 0 Å². The minimum Gasteiger partial charge on any atom is -0.465 e. The van der Waals surface area contributed by atoms with Gasteiger partial charge in [0.05, 0.1) is 0 Å². The maximum Gasteiger partial charge on any atom is 0.524 e. The van der Waals surface area contributed by atoms with Crippen molar-refractivity contribution in [3.05, 3.63) is 0 Å². The zero-order chi connectivity index (χ0) is 12.1. The molecule has 6 nitrogen and oxygen atoms in total. The number of hydrogen-bond acceptors (Lipinski definition) is 4. The molecule has 7 heteroatoms. The molecule has 0 aromatic rings. The summed E-state index contributed by atoms with van der Waals surface area (Å²) >= 11 is 0. The second-order valence-electron chi connectivity index (χ2n) is 3.03. The number of amides is 1. The number of hydrogen-bond donors (Lipinski definition) is 1. The third-order valence-corrected chi connectivity index (χ3v) is 5.74. The van der Waals surface area contributed by atoms with Crippen LogP contribution in [0.25, 0.3) is 0 Å². The molecule has 15 heavy (non-hydrogen) atoms. The first kappa shape index (κ1) is 14.4. The first-order valence-corrected chi connectivity index (χ1v) is 6.40. The minimum absolute atomic E-state index is 0.394. The van der Waals surface area contributed by atoms with Gasteiger partial charge in [0.1, 0.15) is 5.67 Å². The lowest BCUT2D eigenvalue weighted by Gasteiger charge is -2.35. The number of rotatable bonds is 6. The summed E-state index contributed by atoms with van der Waals surface area (Å²) in [6.07, 6.45) is -0.449. The first-order valence-electron chi connectivity index (χ1n) is 4.60. The Bertz CT molecular complexity index is 201. The largest absolute Gasteiger partial charge is 0.524 e. The van der Waals surface area contributed by atoms with Crippen LogP contribution in [0, 0.1) is 0 Å². The van der Waals surface area contributed by atoms with Gasteiger partial charge in [-0.05, 0) is 6.42 Å². The van der Waals surface area contributed by atoms with Crippen LogP contribution in [0.3, 0.4) is 0 Å². The second kappa shape index (κ2) is 6.06. The smallest absolute Gasteiger partial charge is 0.465 e. The lowest BCUT2D eigenvalue weighted by Crippen LogP contribution is -2.61. The lowest BCUT2D eigenvalue weighted by molar-refractivity contribution is 0.0760. The van der Waals surface area contributed by atoms with Crippen molar-refractivity contribution in [1.29, 1.82) is 0 Å². The first-order chi connectivity index (χ1) is 6.98. The predicted molar refractivity (Wildman–Crippen MR) is 56.6 cm³/mol. The molecule has 0 radical (unpaired) electrons. The van der Waals surface area contributed by atoms with Gasteiger partial charge in [0.15, 0.2) is 0 Å². The van der Waals surface area contributed by atoms with Crippen LogP contribution < -0.4 is 0 Å². The molecule has 1 N–H and O–H groups in total. The highest BCUT2D eigenvalue weighted by molar-refractivity contribution is 6.62. The lowest BCUT2D eigenvalue weighted by atomic mass is 10.4. The van der Waals surface area contributed by atoms with E-state index in [9.17, 15) is 4.79 Å². The normalized spacial score (nSPS) is 13.7. The van der Waals surface area contributed by atoms with Gasteiger partial charge in [0, 0.05) is 28.4 Å². The molecule has 90 valence electrons. The van der Waals surface area contributed by atoms with E-state index in [-0.39, 0.29) is 0 Å². The standard InChI is InChI=1S/C8H19NO5Si/c1-6-7(9(2)8(10)11)15(12-3,13-4)14-5/h7H,6H2,1-5H3,(H,10,11). The highest BCUT2D eigenvalue weighted by Gasteiger charge is 2.50. The molecular formula is C8H19NO5Si. The van der Waals surface area contributed by atoms with Crippen molar-refractivity contribution in [3.63, 3.8) is 0 Å². The van der Waals surface area contributed by atoms with Crippen molar-refractivity contribution in [3.8, 4) is 0 Å². The second-order valence-corrected chi connectivity index (χ2v) is 6.13. The molecule has 1 atom stereocenters. The molecule has 0 aromatic carbocycles. The van der Waals surface area contributed by atoms with Crippen LogP contribution >= 0.6 is 0 Å². The van der Waals surface area contributed by atoms with Crippen molar-refractivity contribution in [1.82, 2.24) is 4.90 Å². The molecule has 0 saturated heterocycles. The van der Waals surface area contributed by atoms with E-state index in [1.807, 2.05) is 6.92 Å². The van der Waals surface area contributed by atoms with Crippen LogP contribution in [0.4, 0.5) is 4.79 Å². The van der Waals surface area contributed by atoms with E-state index < -0.39 is 20.6 Å². The average Bonchev–Trinajstić information content (AvgIpc) is 2.25. The van der Waals surface area contributed by atoms with Gasteiger partial charge in [-0.2, -0.15) is 0 Å². The molecule has 0 rings (SSSR count). The van der Waals surface area contributed by atoms with E-state index in [2.05, 4.69) is 0 Å². The zero-order valence-corrected chi connectivity index (χ0v) is 10.8. The maximum atomic E-state index is 10.9. The van der Waals surface area contributed by atoms with E-state index in [0.29, 0.717) is 6.42 Å². The van der Waals surface area contributed by atoms with Gasteiger partial charge in [-0.15, -0.1) is 0 Å². The SMILES string of the molecule is CCC(N(C)C(=O)O)[Si](OC)(OC)OC. The molecule has 1 unspecified atom stereocenters. The van der Waals surface area contributed by atoms with E-state index in [0.717, 1.165) is 0 Å². The highest BCUT2D eigenvalue weighted by Crippen LogP contribution is 2.19. The highest BCUT2D eigenvalue weighted by atomic mass is 28.4. The van der Waals surface area contributed by atoms with Gasteiger partial charge < -0.3 is 23.3 Å². The van der Waals surface area contributed by atoms with Crippen molar-refractivity contribution < 1.29 is 23.2 Å². The molecule has 0 saturated carbocycles. The van der Waals surface area contributed by atoms with Crippen LogP contribution in [-0.4, -0.2) is 58.9 Å². The van der Waals surface area contributed by atoms with Crippen LogP contribution in [0.15, 0.2) is 0 Å². The van der Waals surface area contributed by atoms with Crippen LogP contribution in [0.5, 0.6) is 0 Å². The van der Waals surface area contributed by atoms with Crippen LogP contribution in [-0.2, 0) is 13.3 Å². The third kappa shape index (κ3) is 2.91. The van der Waals surface area contributed by atoms with Crippen LogP contribution in [0.1, 0.15) is 13.3 Å².